The third kappa shape index (κ3) is 6.20. The van der Waals surface area contributed by atoms with Crippen LogP contribution in [0.5, 0.6) is 17.2 Å². The molecule has 27 heavy (non-hydrogen) atoms. The van der Waals surface area contributed by atoms with Gasteiger partial charge in [0.25, 0.3) is 5.91 Å². The van der Waals surface area contributed by atoms with E-state index in [9.17, 15) is 4.79 Å². The lowest BCUT2D eigenvalue weighted by atomic mass is 9.87. The highest BCUT2D eigenvalue weighted by Gasteiger charge is 2.13. The Labute approximate surface area is 161 Å². The van der Waals surface area contributed by atoms with Gasteiger partial charge in [-0.3, -0.25) is 4.79 Å². The van der Waals surface area contributed by atoms with Gasteiger partial charge in [0.2, 0.25) is 0 Å². The van der Waals surface area contributed by atoms with Crippen LogP contribution in [0.25, 0.3) is 0 Å². The van der Waals surface area contributed by atoms with Crippen molar-refractivity contribution in [2.45, 2.75) is 40.0 Å². The second-order valence-corrected chi connectivity index (χ2v) is 7.14. The predicted molar refractivity (Wildman–Crippen MR) is 108 cm³/mol. The largest absolute Gasteiger partial charge is 0.490 e. The molecule has 5 nitrogen and oxygen atoms in total. The smallest absolute Gasteiger partial charge is 0.262 e. The van der Waals surface area contributed by atoms with Gasteiger partial charge in [-0.25, -0.2) is 0 Å². The van der Waals surface area contributed by atoms with Crippen LogP contribution in [-0.2, 0) is 10.2 Å². The van der Waals surface area contributed by atoms with Gasteiger partial charge in [0, 0.05) is 11.8 Å². The summed E-state index contributed by atoms with van der Waals surface area (Å²) in [5, 5.41) is 2.82. The molecule has 1 N–H and O–H groups in total. The third-order valence-corrected chi connectivity index (χ3v) is 3.92. The Morgan fingerprint density at radius 2 is 1.52 bits per heavy atom. The fourth-order valence-corrected chi connectivity index (χ4v) is 2.53. The van der Waals surface area contributed by atoms with E-state index in [1.165, 1.54) is 5.56 Å². The normalized spacial score (nSPS) is 11.0. The quantitative estimate of drug-likeness (QED) is 0.724. The second-order valence-electron chi connectivity index (χ2n) is 7.14. The number of benzene rings is 2. The van der Waals surface area contributed by atoms with Gasteiger partial charge in [-0.05, 0) is 49.1 Å². The molecule has 5 heteroatoms. The molecule has 2 aromatic rings. The van der Waals surface area contributed by atoms with E-state index in [0.717, 1.165) is 0 Å². The van der Waals surface area contributed by atoms with Crippen LogP contribution in [0.2, 0.25) is 0 Å². The minimum absolute atomic E-state index is 0.0634. The van der Waals surface area contributed by atoms with Crippen molar-refractivity contribution in [2.75, 3.05) is 25.1 Å². The molecule has 0 fully saturated rings. The molecular weight excluding hydrogens is 342 g/mol. The molecule has 0 aromatic heterocycles. The van der Waals surface area contributed by atoms with Crippen LogP contribution < -0.4 is 19.5 Å². The summed E-state index contributed by atoms with van der Waals surface area (Å²) < 4.78 is 16.7. The molecule has 0 heterocycles. The maximum Gasteiger partial charge on any atom is 0.262 e. The predicted octanol–water partition coefficient (Wildman–Crippen LogP) is 4.80. The number of nitrogens with one attached hydrogen (secondary N) is 1. The molecule has 0 saturated heterocycles. The van der Waals surface area contributed by atoms with Gasteiger partial charge >= 0.3 is 0 Å². The van der Waals surface area contributed by atoms with Gasteiger partial charge in [-0.1, -0.05) is 32.9 Å². The zero-order valence-electron chi connectivity index (χ0n) is 16.8. The van der Waals surface area contributed by atoms with Gasteiger partial charge in [0.1, 0.15) is 5.75 Å². The topological polar surface area (TPSA) is 56.8 Å². The number of amides is 1. The molecule has 0 radical (unpaired) electrons. The zero-order valence-corrected chi connectivity index (χ0v) is 16.8. The van der Waals surface area contributed by atoms with E-state index in [1.807, 2.05) is 38.1 Å². The number of rotatable bonds is 8. The van der Waals surface area contributed by atoms with E-state index >= 15 is 0 Å². The van der Waals surface area contributed by atoms with Gasteiger partial charge in [-0.15, -0.1) is 0 Å². The zero-order chi connectivity index (χ0) is 19.9. The summed E-state index contributed by atoms with van der Waals surface area (Å²) in [5.41, 5.74) is 1.94. The molecule has 0 aliphatic carbocycles. The first-order valence-electron chi connectivity index (χ1n) is 9.26. The Morgan fingerprint density at radius 3 is 2.11 bits per heavy atom. The van der Waals surface area contributed by atoms with Gasteiger partial charge < -0.3 is 19.5 Å². The lowest BCUT2D eigenvalue weighted by Gasteiger charge is -2.19. The number of hydrogen-bond acceptors (Lipinski definition) is 4. The van der Waals surface area contributed by atoms with Crippen LogP contribution in [0, 0.1) is 0 Å². The highest BCUT2D eigenvalue weighted by Crippen LogP contribution is 2.30. The van der Waals surface area contributed by atoms with Crippen molar-refractivity contribution >= 4 is 11.6 Å². The summed E-state index contributed by atoms with van der Waals surface area (Å²) in [6.45, 7) is 11.3. The number of hydrogen-bond donors (Lipinski definition) is 1. The highest BCUT2D eigenvalue weighted by atomic mass is 16.5. The third-order valence-electron chi connectivity index (χ3n) is 3.92. The lowest BCUT2D eigenvalue weighted by molar-refractivity contribution is -0.118. The SMILES string of the molecule is CCOc1ccc(NC(=O)COc2ccc(C(C)(C)C)cc2)cc1OCC. The Kier molecular flexibility index (Phi) is 7.11. The van der Waals surface area contributed by atoms with Crippen molar-refractivity contribution in [2.24, 2.45) is 0 Å². The number of anilines is 1. The summed E-state index contributed by atoms with van der Waals surface area (Å²) in [5.74, 6) is 1.70. The molecule has 146 valence electrons. The first-order valence-corrected chi connectivity index (χ1v) is 9.26. The molecular formula is C22H29NO4. The van der Waals surface area contributed by atoms with E-state index in [0.29, 0.717) is 36.1 Å². The molecule has 0 aliphatic heterocycles. The number of carbonyl (C=O) groups excluding carboxylic acids is 1. The molecule has 0 spiro atoms. The molecule has 0 atom stereocenters. The molecule has 0 saturated carbocycles. The average molecular weight is 371 g/mol. The van der Waals surface area contributed by atoms with E-state index in [4.69, 9.17) is 14.2 Å². The molecule has 2 rings (SSSR count). The maximum absolute atomic E-state index is 12.2. The average Bonchev–Trinajstić information content (AvgIpc) is 2.62. The molecule has 0 bridgehead atoms. The minimum atomic E-state index is -0.235. The molecule has 0 unspecified atom stereocenters. The van der Waals surface area contributed by atoms with Gasteiger partial charge in [0.05, 0.1) is 13.2 Å². The summed E-state index contributed by atoms with van der Waals surface area (Å²) in [6, 6.07) is 13.1. The molecule has 2 aromatic carbocycles. The Balaban J connectivity index is 1.94. The fraction of sp³-hybridized carbons (Fsp3) is 0.409. The van der Waals surface area contributed by atoms with Crippen LogP contribution in [0.1, 0.15) is 40.2 Å². The summed E-state index contributed by atoms with van der Waals surface area (Å²) in [6.07, 6.45) is 0. The first kappa shape index (κ1) is 20.6. The molecule has 0 aliphatic rings. The van der Waals surface area contributed by atoms with Crippen molar-refractivity contribution in [3.63, 3.8) is 0 Å². The summed E-state index contributed by atoms with van der Waals surface area (Å²) >= 11 is 0. The maximum atomic E-state index is 12.2. The lowest BCUT2D eigenvalue weighted by Crippen LogP contribution is -2.20. The second kappa shape index (κ2) is 9.31. The van der Waals surface area contributed by atoms with E-state index < -0.39 is 0 Å². The monoisotopic (exact) mass is 371 g/mol. The number of ether oxygens (including phenoxy) is 3. The van der Waals surface area contributed by atoms with E-state index in [2.05, 4.69) is 26.1 Å². The standard InChI is InChI=1S/C22H29NO4/c1-6-25-19-13-10-17(14-20(19)26-7-2)23-21(24)15-27-18-11-8-16(9-12-18)22(3,4)5/h8-14H,6-7,15H2,1-5H3,(H,23,24). The van der Waals surface area contributed by atoms with Crippen molar-refractivity contribution in [3.05, 3.63) is 48.0 Å². The highest BCUT2D eigenvalue weighted by molar-refractivity contribution is 5.92. The van der Waals surface area contributed by atoms with Crippen molar-refractivity contribution in [3.8, 4) is 17.2 Å². The summed E-state index contributed by atoms with van der Waals surface area (Å²) in [4.78, 5) is 12.2. The van der Waals surface area contributed by atoms with Crippen molar-refractivity contribution < 1.29 is 19.0 Å². The Morgan fingerprint density at radius 1 is 0.889 bits per heavy atom. The van der Waals surface area contributed by atoms with Crippen LogP contribution in [-0.4, -0.2) is 25.7 Å². The van der Waals surface area contributed by atoms with Crippen LogP contribution in [0.3, 0.4) is 0 Å². The Bertz CT molecular complexity index is 748. The first-order chi connectivity index (χ1) is 12.8. The Hall–Kier alpha value is -2.69. The fourth-order valence-electron chi connectivity index (χ4n) is 2.53. The molecule has 1 amide bonds. The summed E-state index contributed by atoms with van der Waals surface area (Å²) in [7, 11) is 0. The van der Waals surface area contributed by atoms with E-state index in [1.54, 1.807) is 18.2 Å². The van der Waals surface area contributed by atoms with Gasteiger partial charge in [-0.2, -0.15) is 0 Å². The van der Waals surface area contributed by atoms with Gasteiger partial charge in [0.15, 0.2) is 18.1 Å². The van der Waals surface area contributed by atoms with Crippen LogP contribution >= 0.6 is 0 Å². The number of carbonyl (C=O) groups is 1. The van der Waals surface area contributed by atoms with Crippen molar-refractivity contribution in [1.82, 2.24) is 0 Å². The van der Waals surface area contributed by atoms with E-state index in [-0.39, 0.29) is 17.9 Å². The van der Waals surface area contributed by atoms with Crippen LogP contribution in [0.4, 0.5) is 5.69 Å². The van der Waals surface area contributed by atoms with Crippen LogP contribution in [0.15, 0.2) is 42.5 Å². The minimum Gasteiger partial charge on any atom is -0.490 e. The van der Waals surface area contributed by atoms with Crippen molar-refractivity contribution in [1.29, 1.82) is 0 Å².